The Kier molecular flexibility index (Phi) is 86.6. The van der Waals surface area contributed by atoms with Crippen molar-refractivity contribution in [1.29, 1.82) is 0 Å². The van der Waals surface area contributed by atoms with Crippen molar-refractivity contribution in [2.45, 2.75) is 415 Å². The highest BCUT2D eigenvalue weighted by molar-refractivity contribution is 5.64. The molecule has 14 heteroatoms. The molecule has 0 fully saturated rings. The van der Waals surface area contributed by atoms with E-state index in [1.807, 2.05) is 6.07 Å². The summed E-state index contributed by atoms with van der Waals surface area (Å²) in [5.41, 5.74) is 2.55. The van der Waals surface area contributed by atoms with Crippen LogP contribution in [0.15, 0.2) is 182 Å². The van der Waals surface area contributed by atoms with Crippen molar-refractivity contribution < 1.29 is 38.6 Å². The van der Waals surface area contributed by atoms with E-state index in [0.29, 0.717) is 13.2 Å². The number of non-ortho nitro benzene ring substituents is 1. The van der Waals surface area contributed by atoms with Crippen LogP contribution in [0.2, 0.25) is 0 Å². The lowest BCUT2D eigenvalue weighted by Gasteiger charge is -2.26. The molecule has 0 aliphatic rings. The second-order valence-corrected chi connectivity index (χ2v) is 34.5. The molecule has 3 rings (SSSR count). The number of benzene rings is 3. The normalized spacial score (nSPS) is 12.0. The summed E-state index contributed by atoms with van der Waals surface area (Å²) in [5, 5.41) is 20.1. The Morgan fingerprint density at radius 1 is 0.325 bits per heavy atom. The minimum absolute atomic E-state index is 0.0432. The van der Waals surface area contributed by atoms with Gasteiger partial charge in [0.15, 0.2) is 0 Å². The zero-order valence-corrected chi connectivity index (χ0v) is 82.1. The summed E-state index contributed by atoms with van der Waals surface area (Å²) >= 11 is 0. The number of aliphatic hydroxyl groups excluding tert-OH is 1. The maximum Gasteiger partial charge on any atom is 0.514 e. The molecule has 1 N–H and O–H groups in total. The molecular weight excluding hydrogens is 1560 g/mol. The number of nitro benzene ring substituents is 1. The Bertz CT molecular complexity index is 2990. The van der Waals surface area contributed by atoms with Gasteiger partial charge in [0.25, 0.3) is 5.69 Å². The van der Waals surface area contributed by atoms with Gasteiger partial charge in [-0.1, -0.05) is 367 Å². The minimum Gasteiger partial charge on any atom is -0.433 e. The van der Waals surface area contributed by atoms with E-state index in [1.54, 1.807) is 0 Å². The fourth-order valence-electron chi connectivity index (χ4n) is 15.3. The molecule has 3 aromatic carbocycles. The molecule has 0 radical (unpaired) electrons. The van der Waals surface area contributed by atoms with E-state index < -0.39 is 17.2 Å². The Hall–Kier alpha value is -6.68. The van der Waals surface area contributed by atoms with Crippen molar-refractivity contribution in [2.75, 3.05) is 78.7 Å². The second kappa shape index (κ2) is 93.0. The molecule has 0 bridgehead atoms. The lowest BCUT2D eigenvalue weighted by molar-refractivity contribution is -0.384. The van der Waals surface area contributed by atoms with E-state index >= 15 is 0 Å². The lowest BCUT2D eigenvalue weighted by atomic mass is 10.0. The summed E-state index contributed by atoms with van der Waals surface area (Å²) in [6.07, 6.45) is 97.9. The maximum atomic E-state index is 13.0. The van der Waals surface area contributed by atoms with E-state index in [9.17, 15) is 19.7 Å². The quantitative estimate of drug-likeness (QED) is 0.0143. The topological polar surface area (TPSA) is 147 Å². The Labute approximate surface area is 774 Å². The van der Waals surface area contributed by atoms with Gasteiger partial charge < -0.3 is 33.9 Å². The van der Waals surface area contributed by atoms with Crippen molar-refractivity contribution in [2.24, 2.45) is 0 Å². The van der Waals surface area contributed by atoms with Crippen molar-refractivity contribution in [1.82, 2.24) is 19.6 Å². The fraction of sp³-hybridized carbons (Fsp3) is 0.679. The van der Waals surface area contributed by atoms with Crippen molar-refractivity contribution in [3.8, 4) is 5.75 Å². The summed E-state index contributed by atoms with van der Waals surface area (Å²) < 4.78 is 22.9. The van der Waals surface area contributed by atoms with Crippen LogP contribution in [0.25, 0.3) is 0 Å². The number of nitrogens with zero attached hydrogens (tertiary/aromatic N) is 5. The molecule has 716 valence electrons. The van der Waals surface area contributed by atoms with Gasteiger partial charge in [0.1, 0.15) is 24.6 Å². The summed E-state index contributed by atoms with van der Waals surface area (Å²) in [5.74, 6) is 0.252. The third-order valence-corrected chi connectivity index (χ3v) is 23.5. The standard InChI is InChI=1S/C53H92N2O3.C44H71NO5.C15H26N2O/c1-5-9-11-13-15-17-19-21-23-25-27-29-31-33-35-40-44-52(45-41-36-34-32-30-28-26-24-22-20-18-16-14-12-10-6-2)58-53(56)57-49-48-55(47-46-54(7-3)8-4)50-51-42-38-37-39-43-51;1-3-5-7-9-11-13-15-17-19-21-23-25-27-29-31-33-35-42(49-44(46)50-43-39-37-41(38-40-43)45(47)48)36-34-32-30-28-26-24-22-20-18-16-14-12-10-8-6-4-2;1-3-16(4-2)10-11-17(12-13-18)14-15-8-6-5-7-9-15/h15-18,21-24,37-39,42-43,52H,5-14,19-20,25-36,40-41,44-50H2,1-4H3;11-14,17-20,37-40,42H,3-10,15-16,21-36H2,1-2H3;5-9,18H,3-4,10-14H2,1-2H3/b17-15-,18-16-,23-21-,24-22-;13-11-,14-12-,19-17-,20-18-;. The highest BCUT2D eigenvalue weighted by Crippen LogP contribution is 2.24. The number of allylic oxidation sites excluding steroid dienone is 16. The van der Waals surface area contributed by atoms with Crippen LogP contribution in [0.5, 0.6) is 5.75 Å². The molecular formula is C112H189N5O9. The summed E-state index contributed by atoms with van der Waals surface area (Å²) in [6, 6.07) is 26.6. The molecule has 3 aromatic rings. The first kappa shape index (κ1) is 117. The number of carbonyl (C=O) groups is 2. The molecule has 0 aromatic heterocycles. The molecule has 0 saturated carbocycles. The average Bonchev–Trinajstić information content (AvgIpc) is 0.892. The number of unbranched alkanes of at least 4 members (excludes halogenated alkanes) is 36. The minimum atomic E-state index is -0.732. The monoisotopic (exact) mass is 1750 g/mol. The number of ether oxygens (including phenoxy) is 4. The Morgan fingerprint density at radius 2 is 0.595 bits per heavy atom. The smallest absolute Gasteiger partial charge is 0.433 e. The summed E-state index contributed by atoms with van der Waals surface area (Å²) in [7, 11) is 0. The SMILES string of the molecule is CCCCC/C=C\C/C=C\CCCCCCCCC(CCCCCCCC/C=C\C/C=C\CCCCC)OC(=O)OCCN(CCN(CC)CC)Cc1ccccc1.CCCCC/C=C\C/C=C\CCCCCCCCC(CCCCCCCC/C=C\C/C=C\CCCCC)OC(=O)Oc1ccc([N+](=O)[O-])cc1.CCN(CC)CCN(CCO)Cc1ccccc1. The predicted octanol–water partition coefficient (Wildman–Crippen LogP) is 32.5. The van der Waals surface area contributed by atoms with Crippen LogP contribution in [0, 0.1) is 10.1 Å². The summed E-state index contributed by atoms with van der Waals surface area (Å²) in [6.45, 7) is 29.9. The second-order valence-electron chi connectivity index (χ2n) is 34.5. The zero-order chi connectivity index (χ0) is 91.2. The van der Waals surface area contributed by atoms with Crippen LogP contribution >= 0.6 is 0 Å². The number of carbonyl (C=O) groups excluding carboxylic acids is 2. The maximum absolute atomic E-state index is 13.0. The highest BCUT2D eigenvalue weighted by atomic mass is 16.7. The Balaban J connectivity index is 0.00000106. The molecule has 126 heavy (non-hydrogen) atoms. The van der Waals surface area contributed by atoms with E-state index in [-0.39, 0.29) is 30.3 Å². The van der Waals surface area contributed by atoms with E-state index in [4.69, 9.17) is 24.1 Å². The highest BCUT2D eigenvalue weighted by Gasteiger charge is 2.20. The number of hydrogen-bond acceptors (Lipinski definition) is 13. The van der Waals surface area contributed by atoms with Gasteiger partial charge >= 0.3 is 12.3 Å². The Morgan fingerprint density at radius 3 is 0.881 bits per heavy atom. The third kappa shape index (κ3) is 78.4. The van der Waals surface area contributed by atoms with Crippen LogP contribution in [0.3, 0.4) is 0 Å². The van der Waals surface area contributed by atoms with Gasteiger partial charge in [0, 0.05) is 64.5 Å². The number of nitro groups is 1. The molecule has 0 aliphatic heterocycles. The molecule has 14 nitrogen and oxygen atoms in total. The van der Waals surface area contributed by atoms with Crippen LogP contribution in [0.4, 0.5) is 15.3 Å². The van der Waals surface area contributed by atoms with Crippen LogP contribution in [0.1, 0.15) is 400 Å². The molecule has 0 spiro atoms. The third-order valence-electron chi connectivity index (χ3n) is 23.5. The first-order valence-electron chi connectivity index (χ1n) is 51.7. The number of aliphatic hydroxyl groups is 1. The first-order chi connectivity index (χ1) is 62.0. The first-order valence-corrected chi connectivity index (χ1v) is 51.7. The average molecular weight is 1750 g/mol. The van der Waals surface area contributed by atoms with Crippen LogP contribution in [-0.2, 0) is 27.3 Å². The van der Waals surface area contributed by atoms with Gasteiger partial charge in [-0.05, 0) is 229 Å². The number of rotatable bonds is 83. The van der Waals surface area contributed by atoms with Gasteiger partial charge in [0.2, 0.25) is 0 Å². The molecule has 0 saturated heterocycles. The predicted molar refractivity (Wildman–Crippen MR) is 542 cm³/mol. The molecule has 0 unspecified atom stereocenters. The van der Waals surface area contributed by atoms with E-state index in [1.165, 1.54) is 267 Å². The van der Waals surface area contributed by atoms with Gasteiger partial charge in [-0.25, -0.2) is 9.59 Å². The van der Waals surface area contributed by atoms with Crippen molar-refractivity contribution in [3.05, 3.63) is 203 Å². The van der Waals surface area contributed by atoms with Gasteiger partial charge in [-0.15, -0.1) is 0 Å². The largest absolute Gasteiger partial charge is 0.514 e. The number of likely N-dealkylation sites (N-methyl/N-ethyl adjacent to an activating group) is 2. The molecule has 0 aliphatic carbocycles. The molecule has 0 atom stereocenters. The van der Waals surface area contributed by atoms with Crippen LogP contribution in [-0.4, -0.2) is 133 Å². The van der Waals surface area contributed by atoms with Crippen LogP contribution < -0.4 is 4.74 Å². The summed E-state index contributed by atoms with van der Waals surface area (Å²) in [4.78, 5) is 45.6. The van der Waals surface area contributed by atoms with E-state index in [2.05, 4.69) is 227 Å². The molecule has 0 amide bonds. The molecule has 0 heterocycles. The van der Waals surface area contributed by atoms with Gasteiger partial charge in [-0.3, -0.25) is 19.9 Å². The zero-order valence-electron chi connectivity index (χ0n) is 82.1. The van der Waals surface area contributed by atoms with Crippen molar-refractivity contribution >= 4 is 18.0 Å². The number of hydrogen-bond donors (Lipinski definition) is 1. The fourth-order valence-corrected chi connectivity index (χ4v) is 15.3. The van der Waals surface area contributed by atoms with Crippen molar-refractivity contribution in [3.63, 3.8) is 0 Å². The lowest BCUT2D eigenvalue weighted by Crippen LogP contribution is -2.36. The van der Waals surface area contributed by atoms with Gasteiger partial charge in [-0.2, -0.15) is 0 Å². The van der Waals surface area contributed by atoms with E-state index in [0.717, 1.165) is 175 Å². The van der Waals surface area contributed by atoms with Gasteiger partial charge in [0.05, 0.1) is 11.5 Å².